The molecule has 0 aliphatic heterocycles. The van der Waals surface area contributed by atoms with Gasteiger partial charge in [-0.25, -0.2) is 4.79 Å². The first-order chi connectivity index (χ1) is 16.5. The number of carbonyl (C=O) groups excluding carboxylic acids is 2. The van der Waals surface area contributed by atoms with E-state index in [0.717, 1.165) is 47.9 Å². The third kappa shape index (κ3) is 5.41. The van der Waals surface area contributed by atoms with Crippen molar-refractivity contribution in [3.8, 4) is 11.1 Å². The van der Waals surface area contributed by atoms with E-state index in [4.69, 9.17) is 9.84 Å². The quantitative estimate of drug-likeness (QED) is 0.509. The van der Waals surface area contributed by atoms with Crippen LogP contribution in [0.1, 0.15) is 62.5 Å². The number of hydrogen-bond acceptors (Lipinski definition) is 4. The summed E-state index contributed by atoms with van der Waals surface area (Å²) in [5.41, 5.74) is 4.57. The van der Waals surface area contributed by atoms with Gasteiger partial charge in [0, 0.05) is 18.5 Å². The van der Waals surface area contributed by atoms with E-state index in [2.05, 4.69) is 29.6 Å². The summed E-state index contributed by atoms with van der Waals surface area (Å²) < 4.78 is 5.64. The van der Waals surface area contributed by atoms with Gasteiger partial charge in [-0.05, 0) is 41.5 Å². The summed E-state index contributed by atoms with van der Waals surface area (Å²) in [5.74, 6) is -1.21. The molecule has 0 bridgehead atoms. The Morgan fingerprint density at radius 2 is 1.68 bits per heavy atom. The summed E-state index contributed by atoms with van der Waals surface area (Å²) in [6, 6.07) is 15.6. The molecule has 7 heteroatoms. The number of alkyl carbamates (subject to hydrolysis) is 1. The highest BCUT2D eigenvalue weighted by Crippen LogP contribution is 2.44. The van der Waals surface area contributed by atoms with Gasteiger partial charge in [0.2, 0.25) is 5.91 Å². The first-order valence-electron chi connectivity index (χ1n) is 12.1. The molecule has 7 nitrogen and oxygen atoms in total. The van der Waals surface area contributed by atoms with Crippen LogP contribution in [0.25, 0.3) is 11.1 Å². The molecular weight excluding hydrogens is 432 g/mol. The maximum absolute atomic E-state index is 13.2. The lowest BCUT2D eigenvalue weighted by atomic mass is 9.98. The highest BCUT2D eigenvalue weighted by atomic mass is 16.5. The van der Waals surface area contributed by atoms with Gasteiger partial charge in [-0.2, -0.15) is 0 Å². The predicted octanol–water partition coefficient (Wildman–Crippen LogP) is 4.55. The van der Waals surface area contributed by atoms with Crippen molar-refractivity contribution < 1.29 is 24.2 Å². The smallest absolute Gasteiger partial charge is 0.407 e. The minimum absolute atomic E-state index is 0.0542. The van der Waals surface area contributed by atoms with Gasteiger partial charge in [0.25, 0.3) is 0 Å². The minimum atomic E-state index is -0.937. The van der Waals surface area contributed by atoms with Crippen LogP contribution in [-0.2, 0) is 14.3 Å². The van der Waals surface area contributed by atoms with Crippen LogP contribution >= 0.6 is 0 Å². The highest BCUT2D eigenvalue weighted by Gasteiger charge is 2.37. The highest BCUT2D eigenvalue weighted by molar-refractivity contribution is 5.86. The van der Waals surface area contributed by atoms with Crippen LogP contribution in [0.3, 0.4) is 0 Å². The Balaban J connectivity index is 1.41. The fourth-order valence-electron chi connectivity index (χ4n) is 4.72. The SMILES string of the molecule is CCCC[C@H](NC(=O)OCC1c2ccccc2-c2ccccc21)C(=O)N(CCC(=O)O)C1CC1. The third-order valence-corrected chi connectivity index (χ3v) is 6.62. The van der Waals surface area contributed by atoms with Gasteiger partial charge in [0.05, 0.1) is 6.42 Å². The van der Waals surface area contributed by atoms with Crippen molar-refractivity contribution in [2.24, 2.45) is 0 Å². The van der Waals surface area contributed by atoms with E-state index >= 15 is 0 Å². The van der Waals surface area contributed by atoms with Crippen LogP contribution in [0, 0.1) is 0 Å². The standard InChI is InChI=1S/C27H32N2O5/c1-2-3-12-24(26(32)29(18-13-14-18)16-15-25(30)31)28-27(33)34-17-23-21-10-6-4-8-19(21)20-9-5-7-11-22(20)23/h4-11,18,23-24H,2-3,12-17H2,1H3,(H,28,33)(H,30,31)/t24-/m0/s1. The number of hydrogen-bond donors (Lipinski definition) is 2. The van der Waals surface area contributed by atoms with Crippen LogP contribution in [0.15, 0.2) is 48.5 Å². The second-order valence-corrected chi connectivity index (χ2v) is 9.07. The number of unbranched alkanes of at least 4 members (excludes halogenated alkanes) is 1. The molecular formula is C27H32N2O5. The maximum atomic E-state index is 13.2. The Bertz CT molecular complexity index is 1000. The number of rotatable bonds is 11. The summed E-state index contributed by atoms with van der Waals surface area (Å²) in [5, 5.41) is 11.8. The number of nitrogens with zero attached hydrogens (tertiary/aromatic N) is 1. The van der Waals surface area contributed by atoms with Crippen molar-refractivity contribution in [2.45, 2.75) is 63.5 Å². The fourth-order valence-corrected chi connectivity index (χ4v) is 4.72. The van der Waals surface area contributed by atoms with Crippen molar-refractivity contribution in [3.05, 3.63) is 59.7 Å². The number of carboxylic acids is 1. The van der Waals surface area contributed by atoms with E-state index in [1.54, 1.807) is 4.90 Å². The van der Waals surface area contributed by atoms with Crippen LogP contribution in [0.4, 0.5) is 4.79 Å². The zero-order chi connectivity index (χ0) is 24.1. The average Bonchev–Trinajstić information content (AvgIpc) is 3.62. The van der Waals surface area contributed by atoms with E-state index < -0.39 is 18.1 Å². The van der Waals surface area contributed by atoms with E-state index in [0.29, 0.717) is 6.42 Å². The number of aliphatic carboxylic acids is 1. The lowest BCUT2D eigenvalue weighted by Crippen LogP contribution is -2.50. The summed E-state index contributed by atoms with van der Waals surface area (Å²) in [6.07, 6.45) is 3.17. The number of ether oxygens (including phenoxy) is 1. The molecule has 1 atom stereocenters. The lowest BCUT2D eigenvalue weighted by Gasteiger charge is -2.27. The van der Waals surface area contributed by atoms with Crippen molar-refractivity contribution in [3.63, 3.8) is 0 Å². The van der Waals surface area contributed by atoms with Crippen molar-refractivity contribution in [1.82, 2.24) is 10.2 Å². The van der Waals surface area contributed by atoms with E-state index in [1.807, 2.05) is 31.2 Å². The van der Waals surface area contributed by atoms with E-state index in [9.17, 15) is 14.4 Å². The summed E-state index contributed by atoms with van der Waals surface area (Å²) in [4.78, 5) is 38.7. The van der Waals surface area contributed by atoms with Gasteiger partial charge < -0.3 is 20.1 Å². The molecule has 34 heavy (non-hydrogen) atoms. The molecule has 0 radical (unpaired) electrons. The number of nitrogens with one attached hydrogen (secondary N) is 1. The molecule has 1 saturated carbocycles. The zero-order valence-corrected chi connectivity index (χ0v) is 19.5. The Morgan fingerprint density at radius 3 is 2.24 bits per heavy atom. The molecule has 2 aliphatic carbocycles. The molecule has 0 aromatic heterocycles. The minimum Gasteiger partial charge on any atom is -0.481 e. The van der Waals surface area contributed by atoms with E-state index in [1.165, 1.54) is 0 Å². The normalized spacial score (nSPS) is 15.2. The number of fused-ring (bicyclic) bond motifs is 3. The first-order valence-corrected chi connectivity index (χ1v) is 12.1. The largest absolute Gasteiger partial charge is 0.481 e. The monoisotopic (exact) mass is 464 g/mol. The molecule has 1 fully saturated rings. The topological polar surface area (TPSA) is 95.9 Å². The zero-order valence-electron chi connectivity index (χ0n) is 19.5. The van der Waals surface area contributed by atoms with Crippen LogP contribution in [0.5, 0.6) is 0 Å². The summed E-state index contributed by atoms with van der Waals surface area (Å²) in [6.45, 7) is 2.37. The van der Waals surface area contributed by atoms with Crippen LogP contribution in [0.2, 0.25) is 0 Å². The van der Waals surface area contributed by atoms with Gasteiger partial charge in [0.15, 0.2) is 0 Å². The first kappa shape index (κ1) is 23.8. The second-order valence-electron chi connectivity index (χ2n) is 9.07. The molecule has 2 aromatic rings. The number of benzene rings is 2. The Kier molecular flexibility index (Phi) is 7.50. The van der Waals surface area contributed by atoms with Gasteiger partial charge >= 0.3 is 12.1 Å². The van der Waals surface area contributed by atoms with Gasteiger partial charge in [-0.1, -0.05) is 68.3 Å². The Hall–Kier alpha value is -3.35. The van der Waals surface area contributed by atoms with Crippen LogP contribution < -0.4 is 5.32 Å². The number of carboxylic acid groups (broad SMARTS) is 1. The number of amides is 2. The van der Waals surface area contributed by atoms with Gasteiger partial charge in [-0.15, -0.1) is 0 Å². The molecule has 2 amide bonds. The molecule has 180 valence electrons. The second kappa shape index (κ2) is 10.7. The molecule has 2 aromatic carbocycles. The predicted molar refractivity (Wildman–Crippen MR) is 129 cm³/mol. The molecule has 0 unspecified atom stereocenters. The average molecular weight is 465 g/mol. The Labute approximate surface area is 200 Å². The molecule has 0 saturated heterocycles. The lowest BCUT2D eigenvalue weighted by molar-refractivity contribution is -0.139. The van der Waals surface area contributed by atoms with Crippen LogP contribution in [-0.4, -0.2) is 53.2 Å². The van der Waals surface area contributed by atoms with Gasteiger partial charge in [0.1, 0.15) is 12.6 Å². The van der Waals surface area contributed by atoms with Crippen molar-refractivity contribution in [2.75, 3.05) is 13.2 Å². The van der Waals surface area contributed by atoms with E-state index in [-0.39, 0.29) is 37.4 Å². The molecule has 4 rings (SSSR count). The Morgan fingerprint density at radius 1 is 1.06 bits per heavy atom. The third-order valence-electron chi connectivity index (χ3n) is 6.62. The fraction of sp³-hybridized carbons (Fsp3) is 0.444. The molecule has 2 N–H and O–H groups in total. The molecule has 2 aliphatic rings. The van der Waals surface area contributed by atoms with Crippen molar-refractivity contribution in [1.29, 1.82) is 0 Å². The summed E-state index contributed by atoms with van der Waals surface area (Å²) in [7, 11) is 0. The molecule has 0 heterocycles. The maximum Gasteiger partial charge on any atom is 0.407 e. The van der Waals surface area contributed by atoms with Gasteiger partial charge in [-0.3, -0.25) is 9.59 Å². The van der Waals surface area contributed by atoms with Crippen molar-refractivity contribution >= 4 is 18.0 Å². The molecule has 0 spiro atoms. The summed E-state index contributed by atoms with van der Waals surface area (Å²) >= 11 is 0. The number of carbonyl (C=O) groups is 3.